The molecule has 1 amide bonds. The SMILES string of the molecule is O=C(CS)NCC12CC3CC(CC(C3)C1)C2. The first kappa shape index (κ1) is 10.9. The van der Waals surface area contributed by atoms with Gasteiger partial charge in [0.15, 0.2) is 0 Å². The van der Waals surface area contributed by atoms with Gasteiger partial charge >= 0.3 is 0 Å². The molecule has 0 heterocycles. The summed E-state index contributed by atoms with van der Waals surface area (Å²) >= 11 is 4.02. The molecule has 0 spiro atoms. The third kappa shape index (κ3) is 1.87. The lowest BCUT2D eigenvalue weighted by atomic mass is 9.49. The maximum absolute atomic E-state index is 11.3. The minimum absolute atomic E-state index is 0.0964. The van der Waals surface area contributed by atoms with Crippen molar-refractivity contribution >= 4 is 18.5 Å². The van der Waals surface area contributed by atoms with Gasteiger partial charge in [-0.25, -0.2) is 0 Å². The molecule has 0 aliphatic heterocycles. The van der Waals surface area contributed by atoms with Crippen LogP contribution in [-0.4, -0.2) is 18.2 Å². The van der Waals surface area contributed by atoms with Crippen molar-refractivity contribution in [3.8, 4) is 0 Å². The third-order valence-electron chi connectivity index (χ3n) is 4.97. The number of nitrogens with one attached hydrogen (secondary N) is 1. The van der Waals surface area contributed by atoms with E-state index in [-0.39, 0.29) is 5.91 Å². The Hall–Kier alpha value is -0.180. The number of hydrogen-bond acceptors (Lipinski definition) is 2. The van der Waals surface area contributed by atoms with E-state index >= 15 is 0 Å². The van der Waals surface area contributed by atoms with Gasteiger partial charge < -0.3 is 5.32 Å². The van der Waals surface area contributed by atoms with Crippen LogP contribution < -0.4 is 5.32 Å². The first-order chi connectivity index (χ1) is 7.69. The molecule has 0 aromatic carbocycles. The fraction of sp³-hybridized carbons (Fsp3) is 0.923. The van der Waals surface area contributed by atoms with E-state index in [9.17, 15) is 4.79 Å². The van der Waals surface area contributed by atoms with Crippen molar-refractivity contribution in [1.29, 1.82) is 0 Å². The molecular formula is C13H21NOS. The molecule has 3 heteroatoms. The molecule has 90 valence electrons. The maximum atomic E-state index is 11.3. The van der Waals surface area contributed by atoms with Crippen LogP contribution in [-0.2, 0) is 4.79 Å². The summed E-state index contributed by atoms with van der Waals surface area (Å²) in [6.07, 6.45) is 8.52. The first-order valence-corrected chi connectivity index (χ1v) is 7.20. The van der Waals surface area contributed by atoms with Crippen molar-refractivity contribution in [3.05, 3.63) is 0 Å². The van der Waals surface area contributed by atoms with Crippen LogP contribution in [0.1, 0.15) is 38.5 Å². The lowest BCUT2D eigenvalue weighted by Crippen LogP contribution is -2.51. The lowest BCUT2D eigenvalue weighted by molar-refractivity contribution is -0.120. The second-order valence-electron chi connectivity index (χ2n) is 6.35. The van der Waals surface area contributed by atoms with Gasteiger partial charge in [0, 0.05) is 6.54 Å². The Kier molecular flexibility index (Phi) is 2.69. The summed E-state index contributed by atoms with van der Waals surface area (Å²) in [5.74, 6) is 3.34. The molecule has 0 atom stereocenters. The van der Waals surface area contributed by atoms with Gasteiger partial charge in [0.2, 0.25) is 5.91 Å². The highest BCUT2D eigenvalue weighted by Crippen LogP contribution is 2.59. The molecule has 0 radical (unpaired) electrons. The molecule has 0 saturated heterocycles. The fourth-order valence-electron chi connectivity index (χ4n) is 4.85. The van der Waals surface area contributed by atoms with E-state index < -0.39 is 0 Å². The lowest BCUT2D eigenvalue weighted by Gasteiger charge is -2.56. The number of rotatable bonds is 3. The topological polar surface area (TPSA) is 29.1 Å². The Labute approximate surface area is 103 Å². The highest BCUT2D eigenvalue weighted by molar-refractivity contribution is 7.81. The van der Waals surface area contributed by atoms with Crippen molar-refractivity contribution in [2.75, 3.05) is 12.3 Å². The van der Waals surface area contributed by atoms with Gasteiger partial charge in [0.25, 0.3) is 0 Å². The quantitative estimate of drug-likeness (QED) is 0.727. The summed E-state index contributed by atoms with van der Waals surface area (Å²) in [4.78, 5) is 11.3. The average Bonchev–Trinajstić information content (AvgIpc) is 2.24. The van der Waals surface area contributed by atoms with E-state index in [1.165, 1.54) is 38.5 Å². The maximum Gasteiger partial charge on any atom is 0.229 e. The zero-order valence-corrected chi connectivity index (χ0v) is 10.6. The summed E-state index contributed by atoms with van der Waals surface area (Å²) in [6, 6.07) is 0. The zero-order valence-electron chi connectivity index (χ0n) is 9.74. The molecule has 0 unspecified atom stereocenters. The van der Waals surface area contributed by atoms with Gasteiger partial charge in [-0.2, -0.15) is 12.6 Å². The molecule has 0 aromatic rings. The molecule has 4 rings (SSSR count). The summed E-state index contributed by atoms with van der Waals surface area (Å²) in [5.41, 5.74) is 0.466. The van der Waals surface area contributed by atoms with Gasteiger partial charge in [-0.15, -0.1) is 0 Å². The molecule has 4 aliphatic carbocycles. The van der Waals surface area contributed by atoms with E-state index in [0.717, 1.165) is 24.3 Å². The van der Waals surface area contributed by atoms with Crippen LogP contribution >= 0.6 is 12.6 Å². The zero-order chi connectivity index (χ0) is 11.2. The second-order valence-corrected chi connectivity index (χ2v) is 6.67. The molecule has 4 fully saturated rings. The molecule has 16 heavy (non-hydrogen) atoms. The van der Waals surface area contributed by atoms with Crippen LogP contribution in [0.3, 0.4) is 0 Å². The van der Waals surface area contributed by atoms with Gasteiger partial charge in [0.05, 0.1) is 5.75 Å². The van der Waals surface area contributed by atoms with Gasteiger partial charge in [-0.3, -0.25) is 4.79 Å². The Morgan fingerprint density at radius 1 is 1.12 bits per heavy atom. The standard InChI is InChI=1S/C13H21NOS/c15-12(7-16)14-8-13-4-9-1-10(5-13)3-11(2-9)6-13/h9-11,16H,1-8H2,(H,14,15). The average molecular weight is 239 g/mol. The predicted octanol–water partition coefficient (Wildman–Crippen LogP) is 2.25. The van der Waals surface area contributed by atoms with Crippen molar-refractivity contribution < 1.29 is 4.79 Å². The number of thiol groups is 1. The number of carbonyl (C=O) groups excluding carboxylic acids is 1. The van der Waals surface area contributed by atoms with E-state index in [4.69, 9.17) is 0 Å². The Balaban J connectivity index is 1.67. The minimum atomic E-state index is 0.0964. The Morgan fingerprint density at radius 3 is 2.06 bits per heavy atom. The summed E-state index contributed by atoms with van der Waals surface area (Å²) in [6.45, 7) is 0.913. The smallest absolute Gasteiger partial charge is 0.229 e. The van der Waals surface area contributed by atoms with Crippen molar-refractivity contribution in [3.63, 3.8) is 0 Å². The first-order valence-electron chi connectivity index (χ1n) is 6.57. The van der Waals surface area contributed by atoms with Crippen LogP contribution in [0.15, 0.2) is 0 Å². The van der Waals surface area contributed by atoms with E-state index in [1.54, 1.807) is 0 Å². The molecule has 0 aromatic heterocycles. The summed E-state index contributed by atoms with van der Waals surface area (Å²) in [5, 5.41) is 3.07. The van der Waals surface area contributed by atoms with Crippen molar-refractivity contribution in [2.45, 2.75) is 38.5 Å². The summed E-state index contributed by atoms with van der Waals surface area (Å²) in [7, 11) is 0. The molecule has 4 saturated carbocycles. The van der Waals surface area contributed by atoms with Crippen molar-refractivity contribution in [1.82, 2.24) is 5.32 Å². The monoisotopic (exact) mass is 239 g/mol. The molecule has 4 bridgehead atoms. The van der Waals surface area contributed by atoms with Crippen LogP contribution in [0.4, 0.5) is 0 Å². The molecular weight excluding hydrogens is 218 g/mol. The molecule has 1 N–H and O–H groups in total. The van der Waals surface area contributed by atoms with Gasteiger partial charge in [0.1, 0.15) is 0 Å². The van der Waals surface area contributed by atoms with Crippen molar-refractivity contribution in [2.24, 2.45) is 23.2 Å². The number of hydrogen-bond donors (Lipinski definition) is 2. The predicted molar refractivity (Wildman–Crippen MR) is 67.5 cm³/mol. The Bertz CT molecular complexity index is 267. The number of carbonyl (C=O) groups is 1. The normalized spacial score (nSPS) is 44.7. The highest BCUT2D eigenvalue weighted by Gasteiger charge is 2.50. The molecule has 4 aliphatic rings. The highest BCUT2D eigenvalue weighted by atomic mass is 32.1. The van der Waals surface area contributed by atoms with Gasteiger partial charge in [-0.05, 0) is 61.7 Å². The van der Waals surface area contributed by atoms with E-state index in [0.29, 0.717) is 11.2 Å². The van der Waals surface area contributed by atoms with Crippen LogP contribution in [0, 0.1) is 23.2 Å². The third-order valence-corrected chi connectivity index (χ3v) is 5.26. The van der Waals surface area contributed by atoms with E-state index in [2.05, 4.69) is 17.9 Å². The largest absolute Gasteiger partial charge is 0.355 e. The second kappa shape index (κ2) is 3.94. The number of amides is 1. The van der Waals surface area contributed by atoms with Crippen LogP contribution in [0.25, 0.3) is 0 Å². The summed E-state index contributed by atoms with van der Waals surface area (Å²) < 4.78 is 0. The Morgan fingerprint density at radius 2 is 1.62 bits per heavy atom. The van der Waals surface area contributed by atoms with Crippen LogP contribution in [0.2, 0.25) is 0 Å². The van der Waals surface area contributed by atoms with E-state index in [1.807, 2.05) is 0 Å². The minimum Gasteiger partial charge on any atom is -0.355 e. The van der Waals surface area contributed by atoms with Crippen LogP contribution in [0.5, 0.6) is 0 Å². The fourth-order valence-corrected chi connectivity index (χ4v) is 4.96. The molecule has 2 nitrogen and oxygen atoms in total. The van der Waals surface area contributed by atoms with Gasteiger partial charge in [-0.1, -0.05) is 0 Å².